The Bertz CT molecular complexity index is 507. The molecule has 0 aliphatic heterocycles. The summed E-state index contributed by atoms with van der Waals surface area (Å²) in [5.41, 5.74) is 7.77. The molecule has 2 rings (SSSR count). The van der Waals surface area contributed by atoms with Crippen molar-refractivity contribution in [1.29, 1.82) is 0 Å². The van der Waals surface area contributed by atoms with Gasteiger partial charge in [0.1, 0.15) is 5.82 Å². The third kappa shape index (κ3) is 1.98. The average molecular weight is 284 g/mol. The van der Waals surface area contributed by atoms with Gasteiger partial charge in [0.25, 0.3) is 0 Å². The number of aliphatic hydroxyl groups excluding tert-OH is 1. The standard InChI is InChI=1S/C11H14BrN3O/c1-7(13)11-14-9-6-8(12)2-3-10(9)15(11)4-5-16/h2-3,6-7,16H,4-5,13H2,1H3. The molecule has 1 atom stereocenters. The largest absolute Gasteiger partial charge is 0.395 e. The molecular formula is C11H14BrN3O. The van der Waals surface area contributed by atoms with Crippen molar-refractivity contribution < 1.29 is 5.11 Å². The smallest absolute Gasteiger partial charge is 0.126 e. The number of aliphatic hydroxyl groups is 1. The fraction of sp³-hybridized carbons (Fsp3) is 0.364. The molecule has 4 nitrogen and oxygen atoms in total. The van der Waals surface area contributed by atoms with Crippen molar-refractivity contribution in [1.82, 2.24) is 9.55 Å². The number of aromatic nitrogens is 2. The Balaban J connectivity index is 2.65. The molecule has 0 radical (unpaired) electrons. The molecular weight excluding hydrogens is 270 g/mol. The molecule has 0 amide bonds. The lowest BCUT2D eigenvalue weighted by Gasteiger charge is -2.09. The Morgan fingerprint density at radius 3 is 2.94 bits per heavy atom. The summed E-state index contributed by atoms with van der Waals surface area (Å²) in [6.45, 7) is 2.50. The van der Waals surface area contributed by atoms with Crippen molar-refractivity contribution in [2.75, 3.05) is 6.61 Å². The summed E-state index contributed by atoms with van der Waals surface area (Å²) in [4.78, 5) is 4.49. The first-order chi connectivity index (χ1) is 7.63. The summed E-state index contributed by atoms with van der Waals surface area (Å²) in [7, 11) is 0. The molecule has 1 aromatic heterocycles. The van der Waals surface area contributed by atoms with Crippen LogP contribution in [0.5, 0.6) is 0 Å². The minimum absolute atomic E-state index is 0.0846. The van der Waals surface area contributed by atoms with E-state index >= 15 is 0 Å². The van der Waals surface area contributed by atoms with Crippen LogP contribution in [0.15, 0.2) is 22.7 Å². The lowest BCUT2D eigenvalue weighted by Crippen LogP contribution is -2.14. The van der Waals surface area contributed by atoms with Crippen LogP contribution in [0.3, 0.4) is 0 Å². The highest BCUT2D eigenvalue weighted by Gasteiger charge is 2.13. The number of fused-ring (bicyclic) bond motifs is 1. The van der Waals surface area contributed by atoms with E-state index in [4.69, 9.17) is 10.8 Å². The molecule has 86 valence electrons. The van der Waals surface area contributed by atoms with Crippen LogP contribution in [-0.4, -0.2) is 21.3 Å². The van der Waals surface area contributed by atoms with Gasteiger partial charge in [-0.3, -0.25) is 0 Å². The molecule has 0 bridgehead atoms. The van der Waals surface area contributed by atoms with Crippen LogP contribution in [0.2, 0.25) is 0 Å². The number of halogens is 1. The monoisotopic (exact) mass is 283 g/mol. The van der Waals surface area contributed by atoms with E-state index in [1.807, 2.05) is 29.7 Å². The Kier molecular flexibility index (Phi) is 3.28. The normalized spacial score (nSPS) is 13.2. The number of hydrogen-bond donors (Lipinski definition) is 2. The van der Waals surface area contributed by atoms with Gasteiger partial charge in [0, 0.05) is 11.0 Å². The SMILES string of the molecule is CC(N)c1nc2cc(Br)ccc2n1CCO. The summed E-state index contributed by atoms with van der Waals surface area (Å²) >= 11 is 3.41. The highest BCUT2D eigenvalue weighted by atomic mass is 79.9. The fourth-order valence-corrected chi connectivity index (χ4v) is 2.15. The number of hydrogen-bond acceptors (Lipinski definition) is 3. The predicted molar refractivity (Wildman–Crippen MR) is 67.1 cm³/mol. The Labute approximate surface area is 102 Å². The molecule has 0 aliphatic carbocycles. The third-order valence-electron chi connectivity index (χ3n) is 2.47. The van der Waals surface area contributed by atoms with Gasteiger partial charge in [-0.1, -0.05) is 15.9 Å². The van der Waals surface area contributed by atoms with Crippen molar-refractivity contribution >= 4 is 27.0 Å². The van der Waals surface area contributed by atoms with E-state index in [2.05, 4.69) is 20.9 Å². The molecule has 0 aliphatic rings. The number of nitrogens with two attached hydrogens (primary N) is 1. The van der Waals surface area contributed by atoms with Crippen LogP contribution in [0.25, 0.3) is 11.0 Å². The van der Waals surface area contributed by atoms with E-state index in [-0.39, 0.29) is 12.6 Å². The first-order valence-electron chi connectivity index (χ1n) is 5.15. The number of benzene rings is 1. The Morgan fingerprint density at radius 1 is 1.56 bits per heavy atom. The molecule has 2 aromatic rings. The van der Waals surface area contributed by atoms with Crippen molar-refractivity contribution in [2.45, 2.75) is 19.5 Å². The highest BCUT2D eigenvalue weighted by Crippen LogP contribution is 2.23. The van der Waals surface area contributed by atoms with E-state index < -0.39 is 0 Å². The summed E-state index contributed by atoms with van der Waals surface area (Å²) < 4.78 is 2.96. The molecule has 0 fully saturated rings. The second-order valence-corrected chi connectivity index (χ2v) is 4.68. The summed E-state index contributed by atoms with van der Waals surface area (Å²) in [6.07, 6.45) is 0. The van der Waals surface area contributed by atoms with Crippen molar-refractivity contribution in [2.24, 2.45) is 5.73 Å². The van der Waals surface area contributed by atoms with Gasteiger partial charge < -0.3 is 15.4 Å². The highest BCUT2D eigenvalue weighted by molar-refractivity contribution is 9.10. The minimum Gasteiger partial charge on any atom is -0.395 e. The molecule has 16 heavy (non-hydrogen) atoms. The number of nitrogens with zero attached hydrogens (tertiary/aromatic N) is 2. The maximum absolute atomic E-state index is 9.06. The Morgan fingerprint density at radius 2 is 2.31 bits per heavy atom. The van der Waals surface area contributed by atoms with Gasteiger partial charge >= 0.3 is 0 Å². The molecule has 0 saturated heterocycles. The maximum Gasteiger partial charge on any atom is 0.126 e. The molecule has 3 N–H and O–H groups in total. The van der Waals surface area contributed by atoms with Gasteiger partial charge in [-0.05, 0) is 25.1 Å². The minimum atomic E-state index is -0.141. The molecule has 1 aromatic carbocycles. The second-order valence-electron chi connectivity index (χ2n) is 3.77. The van der Waals surface area contributed by atoms with E-state index in [1.54, 1.807) is 0 Å². The summed E-state index contributed by atoms with van der Waals surface area (Å²) in [6, 6.07) is 5.75. The van der Waals surface area contributed by atoms with Gasteiger partial charge in [-0.2, -0.15) is 0 Å². The fourth-order valence-electron chi connectivity index (χ4n) is 1.80. The number of rotatable bonds is 3. The zero-order valence-electron chi connectivity index (χ0n) is 9.02. The van der Waals surface area contributed by atoms with Crippen LogP contribution in [0, 0.1) is 0 Å². The Hall–Kier alpha value is -0.910. The molecule has 0 saturated carbocycles. The van der Waals surface area contributed by atoms with Gasteiger partial charge in [-0.25, -0.2) is 4.98 Å². The first kappa shape index (κ1) is 11.6. The third-order valence-corrected chi connectivity index (χ3v) is 2.96. The summed E-state index contributed by atoms with van der Waals surface area (Å²) in [5.74, 6) is 0.808. The van der Waals surface area contributed by atoms with Crippen LogP contribution in [-0.2, 0) is 6.54 Å². The van der Waals surface area contributed by atoms with Crippen LogP contribution in [0.1, 0.15) is 18.8 Å². The quantitative estimate of drug-likeness (QED) is 0.903. The summed E-state index contributed by atoms with van der Waals surface area (Å²) in [5, 5.41) is 9.06. The van der Waals surface area contributed by atoms with Gasteiger partial charge in [0.2, 0.25) is 0 Å². The maximum atomic E-state index is 9.06. The van der Waals surface area contributed by atoms with Crippen molar-refractivity contribution in [3.8, 4) is 0 Å². The zero-order chi connectivity index (χ0) is 11.7. The van der Waals surface area contributed by atoms with Crippen molar-refractivity contribution in [3.05, 3.63) is 28.5 Å². The van der Waals surface area contributed by atoms with E-state index in [0.717, 1.165) is 21.3 Å². The molecule has 5 heteroatoms. The lowest BCUT2D eigenvalue weighted by molar-refractivity contribution is 0.275. The second kappa shape index (κ2) is 4.53. The van der Waals surface area contributed by atoms with E-state index in [1.165, 1.54) is 0 Å². The predicted octanol–water partition coefficient (Wildman–Crippen LogP) is 1.81. The van der Waals surface area contributed by atoms with Crippen LogP contribution < -0.4 is 5.73 Å². The van der Waals surface area contributed by atoms with Gasteiger partial charge in [0.05, 0.1) is 23.7 Å². The van der Waals surface area contributed by atoms with Gasteiger partial charge in [-0.15, -0.1) is 0 Å². The van der Waals surface area contributed by atoms with Crippen LogP contribution >= 0.6 is 15.9 Å². The van der Waals surface area contributed by atoms with Gasteiger partial charge in [0.15, 0.2) is 0 Å². The molecule has 0 spiro atoms. The molecule has 1 unspecified atom stereocenters. The topological polar surface area (TPSA) is 64.1 Å². The van der Waals surface area contributed by atoms with Crippen LogP contribution in [0.4, 0.5) is 0 Å². The zero-order valence-corrected chi connectivity index (χ0v) is 10.6. The van der Waals surface area contributed by atoms with E-state index in [0.29, 0.717) is 6.54 Å². The molecule has 1 heterocycles. The first-order valence-corrected chi connectivity index (χ1v) is 5.95. The number of imidazole rings is 1. The van der Waals surface area contributed by atoms with Crippen molar-refractivity contribution in [3.63, 3.8) is 0 Å². The average Bonchev–Trinajstić information content (AvgIpc) is 2.57. The van der Waals surface area contributed by atoms with E-state index in [9.17, 15) is 0 Å². The lowest BCUT2D eigenvalue weighted by atomic mass is 10.3.